The molecule has 0 radical (unpaired) electrons. The van der Waals surface area contributed by atoms with Crippen molar-refractivity contribution in [2.24, 2.45) is 20.0 Å². The molecule has 4 N–H and O–H groups in total. The maximum atomic E-state index is 11.2. The highest BCUT2D eigenvalue weighted by atomic mass is 16.3. The summed E-state index contributed by atoms with van der Waals surface area (Å²) in [5, 5.41) is 44.6. The van der Waals surface area contributed by atoms with Gasteiger partial charge in [0, 0.05) is 69.4 Å². The van der Waals surface area contributed by atoms with Crippen molar-refractivity contribution in [3.63, 3.8) is 0 Å². The van der Waals surface area contributed by atoms with Crippen molar-refractivity contribution in [3.05, 3.63) is 115 Å². The van der Waals surface area contributed by atoms with Crippen LogP contribution in [0.4, 0.5) is 0 Å². The van der Waals surface area contributed by atoms with E-state index in [0.717, 1.165) is 101 Å². The number of phenols is 4. The van der Waals surface area contributed by atoms with Crippen molar-refractivity contribution in [1.29, 1.82) is 0 Å². The summed E-state index contributed by atoms with van der Waals surface area (Å²) in [5.74, 6) is 1.27. The molecule has 2 saturated carbocycles. The highest BCUT2D eigenvalue weighted by molar-refractivity contribution is 5.87. The largest absolute Gasteiger partial charge is 0.507 e. The van der Waals surface area contributed by atoms with E-state index in [1.165, 1.54) is 16.7 Å². The topological polar surface area (TPSA) is 130 Å². The molecule has 0 unspecified atom stereocenters. The van der Waals surface area contributed by atoms with Crippen LogP contribution in [0.3, 0.4) is 0 Å². The minimum absolute atomic E-state index is 0.0321. The molecule has 6 rings (SSSR count). The van der Waals surface area contributed by atoms with Gasteiger partial charge in [0.05, 0.1) is 24.2 Å². The molecule has 4 aromatic rings. The lowest BCUT2D eigenvalue weighted by atomic mass is 9.79. The Morgan fingerprint density at radius 3 is 0.727 bits per heavy atom. The molecule has 2 aliphatic carbocycles. The van der Waals surface area contributed by atoms with Crippen LogP contribution in [0.25, 0.3) is 0 Å². The molecule has 8 nitrogen and oxygen atoms in total. The minimum atomic E-state index is -0.179. The highest BCUT2D eigenvalue weighted by Gasteiger charge is 2.30. The maximum Gasteiger partial charge on any atom is 0.128 e. The molecule has 0 saturated heterocycles. The van der Waals surface area contributed by atoms with Gasteiger partial charge in [0.2, 0.25) is 0 Å². The summed E-state index contributed by atoms with van der Waals surface area (Å²) in [6, 6.07) is 16.9. The lowest BCUT2D eigenvalue weighted by Gasteiger charge is -2.28. The van der Waals surface area contributed by atoms with E-state index in [0.29, 0.717) is 23.0 Å². The van der Waals surface area contributed by atoms with Gasteiger partial charge in [-0.05, 0) is 117 Å². The van der Waals surface area contributed by atoms with E-state index in [4.69, 9.17) is 20.0 Å². The van der Waals surface area contributed by atoms with Crippen LogP contribution in [0.2, 0.25) is 0 Å². The Labute approximate surface area is 467 Å². The minimum Gasteiger partial charge on any atom is -0.507 e. The van der Waals surface area contributed by atoms with E-state index in [-0.39, 0.29) is 62.1 Å². The predicted octanol–water partition coefficient (Wildman–Crippen LogP) is 17.3. The number of aliphatic imine (C=N–C) groups is 4. The number of hydrogen-bond donors (Lipinski definition) is 4. The number of nitrogens with zero attached hydrogens (tertiary/aromatic N) is 4. The van der Waals surface area contributed by atoms with Gasteiger partial charge in [-0.1, -0.05) is 195 Å². The molecule has 2 fully saturated rings. The summed E-state index contributed by atoms with van der Waals surface area (Å²) in [4.78, 5) is 20.0. The summed E-state index contributed by atoms with van der Waals surface area (Å²) in [7, 11) is 0. The van der Waals surface area contributed by atoms with Crippen LogP contribution < -0.4 is 0 Å². The average molecular weight is 1050 g/mol. The number of aromatic hydroxyl groups is 4. The van der Waals surface area contributed by atoms with Crippen molar-refractivity contribution in [3.8, 4) is 23.0 Å². The zero-order valence-corrected chi connectivity index (χ0v) is 52.0. The number of aryl methyl sites for hydroxylation is 1. The van der Waals surface area contributed by atoms with Crippen molar-refractivity contribution in [2.45, 2.75) is 266 Å². The Balaban J connectivity index is 0.000000285. The van der Waals surface area contributed by atoms with Gasteiger partial charge >= 0.3 is 0 Å². The second-order valence-electron chi connectivity index (χ2n) is 29.8. The van der Waals surface area contributed by atoms with Gasteiger partial charge in [-0.15, -0.1) is 0 Å². The molecule has 422 valence electrons. The van der Waals surface area contributed by atoms with Crippen molar-refractivity contribution < 1.29 is 20.4 Å². The second-order valence-corrected chi connectivity index (χ2v) is 29.8. The fourth-order valence-corrected chi connectivity index (χ4v) is 10.3. The van der Waals surface area contributed by atoms with E-state index < -0.39 is 0 Å². The Kier molecular flexibility index (Phi) is 19.2. The van der Waals surface area contributed by atoms with E-state index in [1.54, 1.807) is 0 Å². The monoisotopic (exact) mass is 1050 g/mol. The predicted molar refractivity (Wildman–Crippen MR) is 331 cm³/mol. The molecule has 0 amide bonds. The lowest BCUT2D eigenvalue weighted by Crippen LogP contribution is -2.27. The van der Waals surface area contributed by atoms with E-state index in [1.807, 2.05) is 30.9 Å². The average Bonchev–Trinajstić information content (AvgIpc) is 3.28. The maximum absolute atomic E-state index is 11.2. The van der Waals surface area contributed by atoms with Crippen LogP contribution in [0.1, 0.15) is 264 Å². The first-order chi connectivity index (χ1) is 35.2. The molecule has 0 aromatic heterocycles. The first-order valence-electron chi connectivity index (χ1n) is 28.8. The van der Waals surface area contributed by atoms with Crippen LogP contribution in [-0.2, 0) is 37.9 Å². The number of phenolic OH excluding ortho intramolecular Hbond substituents is 4. The van der Waals surface area contributed by atoms with Crippen molar-refractivity contribution in [1.82, 2.24) is 0 Å². The highest BCUT2D eigenvalue weighted by Crippen LogP contribution is 2.41. The zero-order chi connectivity index (χ0) is 58.0. The fourth-order valence-electron chi connectivity index (χ4n) is 10.3. The van der Waals surface area contributed by atoms with E-state index in [9.17, 15) is 20.4 Å². The molecule has 0 bridgehead atoms. The van der Waals surface area contributed by atoms with E-state index in [2.05, 4.69) is 195 Å². The smallest absolute Gasteiger partial charge is 0.128 e. The van der Waals surface area contributed by atoms with Crippen LogP contribution in [0.5, 0.6) is 23.0 Å². The third kappa shape index (κ3) is 16.4. The van der Waals surface area contributed by atoms with Gasteiger partial charge in [0.15, 0.2) is 0 Å². The van der Waals surface area contributed by atoms with Crippen LogP contribution in [0.15, 0.2) is 68.5 Å². The number of rotatable bonds is 8. The Morgan fingerprint density at radius 1 is 0.312 bits per heavy atom. The zero-order valence-electron chi connectivity index (χ0n) is 52.0. The molecule has 4 aromatic carbocycles. The van der Waals surface area contributed by atoms with Crippen LogP contribution in [0, 0.1) is 6.92 Å². The van der Waals surface area contributed by atoms with Gasteiger partial charge < -0.3 is 20.4 Å². The standard InChI is InChI=1S/C36H54N2O2.C33H48N2O2/c1-33(2,3)25-17-23(31(39)27(19-25)35(7,8)9)21-37-29-15-13-14-16-30(29)38-22-24-18-26(34(4,5)6)20-28(32(24)40)36(10,11)12;1-21-15-22(29(36)25(16-21)32(5,6)7)19-34-27-13-11-12-14-28(27)35-20-23-17-24(31(2,3)4)18-26(30(23)37)33(8,9)10/h17-22,29-30,39-40H,13-16H2,1-12H3;15-20,27-28,36-37H,11-14H2,1-10H3/t29-,30-;27-,28-/m11/s1. The molecular formula is C69H102N4O4. The van der Waals surface area contributed by atoms with Gasteiger partial charge in [-0.2, -0.15) is 0 Å². The first kappa shape index (κ1) is 62.6. The Morgan fingerprint density at radius 2 is 0.519 bits per heavy atom. The third-order valence-electron chi connectivity index (χ3n) is 15.5. The first-order valence-corrected chi connectivity index (χ1v) is 28.8. The summed E-state index contributed by atoms with van der Waals surface area (Å²) < 4.78 is 0. The van der Waals surface area contributed by atoms with Crippen LogP contribution >= 0.6 is 0 Å². The van der Waals surface area contributed by atoms with Gasteiger partial charge in [0.25, 0.3) is 0 Å². The molecule has 8 heteroatoms. The van der Waals surface area contributed by atoms with Crippen LogP contribution in [-0.4, -0.2) is 69.5 Å². The molecule has 0 spiro atoms. The molecule has 2 aliphatic rings. The summed E-state index contributed by atoms with van der Waals surface area (Å²) in [6.07, 6.45) is 15.8. The van der Waals surface area contributed by atoms with Gasteiger partial charge in [-0.3, -0.25) is 20.0 Å². The van der Waals surface area contributed by atoms with Crippen molar-refractivity contribution in [2.75, 3.05) is 0 Å². The number of benzene rings is 4. The van der Waals surface area contributed by atoms with Gasteiger partial charge in [0.1, 0.15) is 23.0 Å². The Bertz CT molecular complexity index is 2720. The lowest BCUT2D eigenvalue weighted by molar-refractivity contribution is 0.389. The normalized spacial score (nSPS) is 19.7. The molecular weight excluding hydrogens is 949 g/mol. The molecule has 4 atom stereocenters. The quantitative estimate of drug-likeness (QED) is 0.131. The Hall–Kier alpha value is -5.24. The molecule has 0 heterocycles. The van der Waals surface area contributed by atoms with Crippen molar-refractivity contribution >= 4 is 24.9 Å². The van der Waals surface area contributed by atoms with Gasteiger partial charge in [-0.25, -0.2) is 0 Å². The third-order valence-corrected chi connectivity index (χ3v) is 15.5. The summed E-state index contributed by atoms with van der Waals surface area (Å²) >= 11 is 0. The molecule has 0 aliphatic heterocycles. The second kappa shape index (κ2) is 23.6. The van der Waals surface area contributed by atoms with E-state index >= 15 is 0 Å². The fraction of sp³-hybridized carbons (Fsp3) is 0.594. The summed E-state index contributed by atoms with van der Waals surface area (Å²) in [6.45, 7) is 47.4. The molecule has 77 heavy (non-hydrogen) atoms. The summed E-state index contributed by atoms with van der Waals surface area (Å²) in [5.41, 5.74) is 10.8. The number of hydrogen-bond acceptors (Lipinski definition) is 8. The SMILES string of the molecule is CC(C)(C)c1cc(C=N[C@@H]2CCCC[C@H]2N=Cc2cc(C(C)(C)C)cc(C(C)(C)C)c2O)c(O)c(C(C)(C)C)c1.Cc1cc(C=N[C@@H]2CCCC[C@H]2N=Cc2cc(C(C)(C)C)cc(C(C)(C)C)c2O)c(O)c(C(C)(C)C)c1.